The van der Waals surface area contributed by atoms with Gasteiger partial charge in [-0.3, -0.25) is 4.79 Å². The number of carbonyl (C=O) groups is 2. The maximum atomic E-state index is 12.3. The van der Waals surface area contributed by atoms with E-state index in [2.05, 4.69) is 43.8 Å². The highest BCUT2D eigenvalue weighted by molar-refractivity contribution is 14.1. The van der Waals surface area contributed by atoms with E-state index in [0.29, 0.717) is 23.6 Å². The van der Waals surface area contributed by atoms with Crippen LogP contribution >= 0.6 is 38.5 Å². The van der Waals surface area contributed by atoms with Crippen LogP contribution < -0.4 is 10.1 Å². The predicted octanol–water partition coefficient (Wildman–Crippen LogP) is 4.54. The number of hydrogen-bond acceptors (Lipinski definition) is 5. The van der Waals surface area contributed by atoms with Crippen LogP contribution in [0.25, 0.3) is 6.08 Å². The van der Waals surface area contributed by atoms with Crippen molar-refractivity contribution in [2.75, 3.05) is 18.5 Å². The van der Waals surface area contributed by atoms with Gasteiger partial charge in [-0.2, -0.15) is 5.26 Å². The fourth-order valence-corrected chi connectivity index (χ4v) is 3.07. The van der Waals surface area contributed by atoms with Gasteiger partial charge in [-0.05, 0) is 77.6 Å². The van der Waals surface area contributed by atoms with Crippen molar-refractivity contribution in [3.05, 3.63) is 61.6 Å². The quantitative estimate of drug-likeness (QED) is 0.235. The molecule has 0 heterocycles. The fraction of sp³-hybridized carbons (Fsp3) is 0.150. The number of nitriles is 1. The van der Waals surface area contributed by atoms with Crippen molar-refractivity contribution in [3.8, 4) is 11.8 Å². The Kier molecular flexibility index (Phi) is 8.47. The number of carbonyl (C=O) groups excluding carboxylic acids is 2. The van der Waals surface area contributed by atoms with Gasteiger partial charge in [-0.15, -0.1) is 0 Å². The first-order valence-electron chi connectivity index (χ1n) is 8.19. The molecule has 2 rings (SSSR count). The van der Waals surface area contributed by atoms with Gasteiger partial charge in [0.1, 0.15) is 17.4 Å². The number of nitrogens with zero attached hydrogens (tertiary/aromatic N) is 1. The van der Waals surface area contributed by atoms with Crippen LogP contribution in [0.1, 0.15) is 12.5 Å². The molecule has 0 aliphatic carbocycles. The molecule has 0 aromatic heterocycles. The number of esters is 1. The van der Waals surface area contributed by atoms with E-state index in [9.17, 15) is 14.9 Å². The van der Waals surface area contributed by atoms with E-state index in [1.54, 1.807) is 49.4 Å². The van der Waals surface area contributed by atoms with E-state index < -0.39 is 11.9 Å². The van der Waals surface area contributed by atoms with E-state index in [4.69, 9.17) is 9.47 Å². The molecule has 0 bridgehead atoms. The van der Waals surface area contributed by atoms with Gasteiger partial charge in [-0.1, -0.05) is 22.0 Å². The highest BCUT2D eigenvalue weighted by Gasteiger charge is 2.11. The van der Waals surface area contributed by atoms with Crippen LogP contribution in [0.3, 0.4) is 0 Å². The highest BCUT2D eigenvalue weighted by atomic mass is 127. The molecule has 1 amide bonds. The van der Waals surface area contributed by atoms with Gasteiger partial charge in [0, 0.05) is 10.2 Å². The SMILES string of the molecule is CCOC(=O)COc1ccc(/C=C(/C#N)C(=O)Nc2ccc(Br)cc2)cc1I. The Balaban J connectivity index is 2.09. The number of ether oxygens (including phenoxy) is 2. The van der Waals surface area contributed by atoms with Crippen molar-refractivity contribution in [2.24, 2.45) is 0 Å². The molecular formula is C20H16BrIN2O4. The van der Waals surface area contributed by atoms with Crippen molar-refractivity contribution in [1.82, 2.24) is 0 Å². The minimum absolute atomic E-state index is 0.0288. The first-order chi connectivity index (χ1) is 13.4. The van der Waals surface area contributed by atoms with E-state index in [-0.39, 0.29) is 12.2 Å². The lowest BCUT2D eigenvalue weighted by molar-refractivity contribution is -0.145. The number of rotatable bonds is 7. The van der Waals surface area contributed by atoms with Crippen LogP contribution in [-0.2, 0) is 14.3 Å². The topological polar surface area (TPSA) is 88.4 Å². The third kappa shape index (κ3) is 6.65. The summed E-state index contributed by atoms with van der Waals surface area (Å²) in [5, 5.41) is 12.0. The summed E-state index contributed by atoms with van der Waals surface area (Å²) in [4.78, 5) is 23.7. The molecule has 28 heavy (non-hydrogen) atoms. The Morgan fingerprint density at radius 2 is 1.96 bits per heavy atom. The van der Waals surface area contributed by atoms with Gasteiger partial charge in [-0.25, -0.2) is 4.79 Å². The largest absolute Gasteiger partial charge is 0.481 e. The summed E-state index contributed by atoms with van der Waals surface area (Å²) in [6.07, 6.45) is 1.49. The fourth-order valence-electron chi connectivity index (χ4n) is 2.11. The predicted molar refractivity (Wildman–Crippen MR) is 118 cm³/mol. The first kappa shape index (κ1) is 21.9. The second-order valence-corrected chi connectivity index (χ2v) is 7.49. The van der Waals surface area contributed by atoms with Crippen molar-refractivity contribution in [1.29, 1.82) is 5.26 Å². The van der Waals surface area contributed by atoms with Gasteiger partial charge < -0.3 is 14.8 Å². The Morgan fingerprint density at radius 3 is 2.57 bits per heavy atom. The molecule has 0 spiro atoms. The zero-order valence-corrected chi connectivity index (χ0v) is 18.6. The van der Waals surface area contributed by atoms with Gasteiger partial charge in [0.2, 0.25) is 0 Å². The molecule has 2 aromatic rings. The number of nitrogens with one attached hydrogen (secondary N) is 1. The van der Waals surface area contributed by atoms with Crippen LogP contribution in [0.15, 0.2) is 52.5 Å². The number of anilines is 1. The van der Waals surface area contributed by atoms with Crippen LogP contribution in [0.5, 0.6) is 5.75 Å². The summed E-state index contributed by atoms with van der Waals surface area (Å²) >= 11 is 5.38. The highest BCUT2D eigenvalue weighted by Crippen LogP contribution is 2.23. The van der Waals surface area contributed by atoms with Gasteiger partial charge in [0.15, 0.2) is 6.61 Å². The lowest BCUT2D eigenvalue weighted by Gasteiger charge is -2.09. The van der Waals surface area contributed by atoms with E-state index in [0.717, 1.165) is 8.04 Å². The lowest BCUT2D eigenvalue weighted by Crippen LogP contribution is -2.15. The average Bonchev–Trinajstić information content (AvgIpc) is 2.67. The maximum Gasteiger partial charge on any atom is 0.344 e. The maximum absolute atomic E-state index is 12.3. The van der Waals surface area contributed by atoms with Gasteiger partial charge >= 0.3 is 5.97 Å². The third-order valence-electron chi connectivity index (χ3n) is 3.38. The van der Waals surface area contributed by atoms with Gasteiger partial charge in [0.25, 0.3) is 5.91 Å². The monoisotopic (exact) mass is 554 g/mol. The molecule has 2 aromatic carbocycles. The number of halogens is 2. The zero-order chi connectivity index (χ0) is 20.5. The minimum atomic E-state index is -0.498. The molecule has 6 nitrogen and oxygen atoms in total. The minimum Gasteiger partial charge on any atom is -0.481 e. The molecule has 0 atom stereocenters. The molecule has 0 radical (unpaired) electrons. The molecule has 1 N–H and O–H groups in total. The first-order valence-corrected chi connectivity index (χ1v) is 10.1. The van der Waals surface area contributed by atoms with Crippen LogP contribution in [0.2, 0.25) is 0 Å². The number of amides is 1. The van der Waals surface area contributed by atoms with Crippen molar-refractivity contribution >= 4 is 62.2 Å². The second kappa shape index (κ2) is 10.8. The summed E-state index contributed by atoms with van der Waals surface area (Å²) in [6.45, 7) is 1.84. The zero-order valence-electron chi connectivity index (χ0n) is 14.9. The molecule has 0 unspecified atom stereocenters. The number of benzene rings is 2. The summed E-state index contributed by atoms with van der Waals surface area (Å²) in [5.41, 5.74) is 1.22. The molecule has 0 aliphatic heterocycles. The molecule has 0 saturated carbocycles. The normalized spacial score (nSPS) is 10.7. The summed E-state index contributed by atoms with van der Waals surface area (Å²) < 4.78 is 11.9. The summed E-state index contributed by atoms with van der Waals surface area (Å²) in [6, 6.07) is 14.1. The second-order valence-electron chi connectivity index (χ2n) is 5.41. The molecule has 8 heteroatoms. The van der Waals surface area contributed by atoms with Crippen LogP contribution in [0.4, 0.5) is 5.69 Å². The van der Waals surface area contributed by atoms with Crippen molar-refractivity contribution in [2.45, 2.75) is 6.92 Å². The Bertz CT molecular complexity index is 936. The van der Waals surface area contributed by atoms with E-state index in [1.807, 2.05) is 6.07 Å². The molecule has 0 fully saturated rings. The number of hydrogen-bond donors (Lipinski definition) is 1. The standard InChI is InChI=1S/C20H16BrIN2O4/c1-2-27-19(25)12-28-18-8-3-13(10-17(18)22)9-14(11-23)20(26)24-16-6-4-15(21)5-7-16/h3-10H,2,12H2,1H3,(H,24,26)/b14-9-. The molecule has 0 aliphatic rings. The molecule has 144 valence electrons. The Hall–Kier alpha value is -2.38. The van der Waals surface area contributed by atoms with E-state index in [1.165, 1.54) is 6.08 Å². The van der Waals surface area contributed by atoms with Crippen molar-refractivity contribution < 1.29 is 19.1 Å². The van der Waals surface area contributed by atoms with E-state index >= 15 is 0 Å². The smallest absolute Gasteiger partial charge is 0.344 e. The Morgan fingerprint density at radius 1 is 1.25 bits per heavy atom. The average molecular weight is 555 g/mol. The van der Waals surface area contributed by atoms with Gasteiger partial charge in [0.05, 0.1) is 10.2 Å². The van der Waals surface area contributed by atoms with Crippen LogP contribution in [0, 0.1) is 14.9 Å². The lowest BCUT2D eigenvalue weighted by atomic mass is 10.1. The summed E-state index contributed by atoms with van der Waals surface area (Å²) in [7, 11) is 0. The molecular weight excluding hydrogens is 539 g/mol. The molecule has 0 saturated heterocycles. The van der Waals surface area contributed by atoms with Crippen molar-refractivity contribution in [3.63, 3.8) is 0 Å². The Labute approximate surface area is 184 Å². The third-order valence-corrected chi connectivity index (χ3v) is 4.76. The summed E-state index contributed by atoms with van der Waals surface area (Å²) in [5.74, 6) is -0.426. The van der Waals surface area contributed by atoms with Crippen LogP contribution in [-0.4, -0.2) is 25.1 Å².